The molecule has 1 atom stereocenters. The van der Waals surface area contributed by atoms with E-state index in [4.69, 9.17) is 0 Å². The van der Waals surface area contributed by atoms with Gasteiger partial charge < -0.3 is 5.32 Å². The molecular weight excluding hydrogens is 362 g/mol. The Hall–Kier alpha value is -2.22. The van der Waals surface area contributed by atoms with E-state index >= 15 is 0 Å². The van der Waals surface area contributed by atoms with Gasteiger partial charge in [-0.2, -0.15) is 0 Å². The molecule has 1 heterocycles. The molecule has 0 radical (unpaired) electrons. The van der Waals surface area contributed by atoms with E-state index < -0.39 is 10.0 Å². The molecule has 1 amide bonds. The van der Waals surface area contributed by atoms with Crippen molar-refractivity contribution in [1.82, 2.24) is 9.21 Å². The van der Waals surface area contributed by atoms with Crippen molar-refractivity contribution in [1.29, 1.82) is 0 Å². The van der Waals surface area contributed by atoms with Gasteiger partial charge in [0.1, 0.15) is 0 Å². The summed E-state index contributed by atoms with van der Waals surface area (Å²) < 4.78 is 25.7. The van der Waals surface area contributed by atoms with Crippen LogP contribution in [0.15, 0.2) is 53.4 Å². The van der Waals surface area contributed by atoms with E-state index in [9.17, 15) is 13.2 Å². The van der Waals surface area contributed by atoms with Crippen molar-refractivity contribution < 1.29 is 13.2 Å². The van der Waals surface area contributed by atoms with Gasteiger partial charge in [-0.25, -0.2) is 12.7 Å². The van der Waals surface area contributed by atoms with Gasteiger partial charge in [0, 0.05) is 32.9 Å². The number of amides is 1. The molecule has 0 aliphatic carbocycles. The fraction of sp³-hybridized carbons (Fsp3) is 0.350. The van der Waals surface area contributed by atoms with Crippen molar-refractivity contribution in [3.63, 3.8) is 0 Å². The molecule has 0 spiro atoms. The van der Waals surface area contributed by atoms with Crippen LogP contribution in [-0.2, 0) is 27.8 Å². The molecule has 1 aliphatic heterocycles. The third kappa shape index (κ3) is 4.21. The van der Waals surface area contributed by atoms with E-state index in [1.807, 2.05) is 19.1 Å². The lowest BCUT2D eigenvalue weighted by atomic mass is 9.99. The van der Waals surface area contributed by atoms with Crippen molar-refractivity contribution >= 4 is 21.6 Å². The van der Waals surface area contributed by atoms with Gasteiger partial charge in [0.05, 0.1) is 10.9 Å². The lowest BCUT2D eigenvalue weighted by Crippen LogP contribution is -2.44. The van der Waals surface area contributed by atoms with Crippen LogP contribution in [0.1, 0.15) is 18.1 Å². The minimum atomic E-state index is -3.54. The number of hydrogen-bond donors (Lipinski definition) is 1. The first kappa shape index (κ1) is 19.5. The summed E-state index contributed by atoms with van der Waals surface area (Å²) in [5.41, 5.74) is 3.07. The van der Waals surface area contributed by atoms with Gasteiger partial charge >= 0.3 is 0 Å². The molecule has 2 aromatic carbocycles. The average Bonchev–Trinajstić information content (AvgIpc) is 2.67. The fourth-order valence-electron chi connectivity index (χ4n) is 3.21. The molecule has 7 heteroatoms. The highest BCUT2D eigenvalue weighted by Gasteiger charge is 2.25. The van der Waals surface area contributed by atoms with Gasteiger partial charge in [-0.05, 0) is 42.7 Å². The first-order valence-electron chi connectivity index (χ1n) is 8.93. The minimum Gasteiger partial charge on any atom is -0.325 e. The lowest BCUT2D eigenvalue weighted by Gasteiger charge is -2.32. The summed E-state index contributed by atoms with van der Waals surface area (Å²) >= 11 is 0. The second-order valence-corrected chi connectivity index (χ2v) is 9.12. The Morgan fingerprint density at radius 2 is 1.81 bits per heavy atom. The molecular formula is C20H25N3O3S. The van der Waals surface area contributed by atoms with Gasteiger partial charge in [-0.3, -0.25) is 9.69 Å². The number of carbonyl (C=O) groups excluding carboxylic acids is 1. The molecule has 1 unspecified atom stereocenters. The zero-order valence-corrected chi connectivity index (χ0v) is 16.7. The number of rotatable bonds is 5. The molecule has 144 valence electrons. The van der Waals surface area contributed by atoms with Crippen molar-refractivity contribution in [2.45, 2.75) is 30.8 Å². The molecule has 0 saturated carbocycles. The van der Waals surface area contributed by atoms with E-state index in [0.29, 0.717) is 5.69 Å². The van der Waals surface area contributed by atoms with Crippen LogP contribution in [0.3, 0.4) is 0 Å². The number of benzene rings is 2. The quantitative estimate of drug-likeness (QED) is 0.855. The van der Waals surface area contributed by atoms with Crippen LogP contribution in [0.25, 0.3) is 0 Å². The number of anilines is 1. The number of nitrogens with zero attached hydrogens (tertiary/aromatic N) is 2. The van der Waals surface area contributed by atoms with Crippen LogP contribution in [0.2, 0.25) is 0 Å². The van der Waals surface area contributed by atoms with E-state index in [1.165, 1.54) is 37.4 Å². The van der Waals surface area contributed by atoms with E-state index in [1.54, 1.807) is 12.1 Å². The third-order valence-corrected chi connectivity index (χ3v) is 6.78. The molecule has 0 aromatic heterocycles. The fourth-order valence-corrected chi connectivity index (χ4v) is 4.15. The summed E-state index contributed by atoms with van der Waals surface area (Å²) in [6, 6.07) is 14.3. The molecule has 0 fully saturated rings. The molecule has 1 N–H and O–H groups in total. The van der Waals surface area contributed by atoms with Crippen LogP contribution in [0.4, 0.5) is 5.69 Å². The van der Waals surface area contributed by atoms with Crippen LogP contribution < -0.4 is 5.32 Å². The largest absolute Gasteiger partial charge is 0.325 e. The maximum Gasteiger partial charge on any atom is 0.242 e. The maximum atomic E-state index is 12.7. The average molecular weight is 388 g/mol. The number of fused-ring (bicyclic) bond motifs is 1. The molecule has 1 aliphatic rings. The number of hydrogen-bond acceptors (Lipinski definition) is 4. The second-order valence-electron chi connectivity index (χ2n) is 6.97. The van der Waals surface area contributed by atoms with Crippen molar-refractivity contribution in [3.05, 3.63) is 59.7 Å². The molecule has 27 heavy (non-hydrogen) atoms. The SMILES string of the molecule is CC(C(=O)Nc1cccc(S(=O)(=O)N(C)C)c1)N1CCc2ccccc2C1. The Labute approximate surface area is 160 Å². The number of carbonyl (C=O) groups is 1. The predicted octanol–water partition coefficient (Wildman–Crippen LogP) is 2.32. The Kier molecular flexibility index (Phi) is 5.64. The molecule has 0 bridgehead atoms. The summed E-state index contributed by atoms with van der Waals surface area (Å²) in [5, 5.41) is 2.85. The topological polar surface area (TPSA) is 69.7 Å². The minimum absolute atomic E-state index is 0.145. The highest BCUT2D eigenvalue weighted by Crippen LogP contribution is 2.22. The molecule has 6 nitrogen and oxygen atoms in total. The highest BCUT2D eigenvalue weighted by atomic mass is 32.2. The standard InChI is InChI=1S/C20H25N3O3S/c1-15(23-12-11-16-7-4-5-8-17(16)14-23)20(24)21-18-9-6-10-19(13-18)27(25,26)22(2)3/h4-10,13,15H,11-12,14H2,1-3H3,(H,21,24). The normalized spacial score (nSPS) is 16.0. The van der Waals surface area contributed by atoms with Gasteiger partial charge in [0.2, 0.25) is 15.9 Å². The zero-order valence-electron chi connectivity index (χ0n) is 15.8. The van der Waals surface area contributed by atoms with Gasteiger partial charge in [0.15, 0.2) is 0 Å². The zero-order chi connectivity index (χ0) is 19.6. The van der Waals surface area contributed by atoms with Crippen molar-refractivity contribution in [2.24, 2.45) is 0 Å². The summed E-state index contributed by atoms with van der Waals surface area (Å²) in [6.45, 7) is 3.43. The Balaban J connectivity index is 1.71. The summed E-state index contributed by atoms with van der Waals surface area (Å²) in [5.74, 6) is -0.145. The lowest BCUT2D eigenvalue weighted by molar-refractivity contribution is -0.121. The van der Waals surface area contributed by atoms with Crippen LogP contribution in [-0.4, -0.2) is 50.2 Å². The Bertz CT molecular complexity index is 941. The van der Waals surface area contributed by atoms with Crippen molar-refractivity contribution in [2.75, 3.05) is 26.0 Å². The second kappa shape index (κ2) is 7.80. The van der Waals surface area contributed by atoms with Crippen LogP contribution in [0.5, 0.6) is 0 Å². The van der Waals surface area contributed by atoms with Gasteiger partial charge in [0.25, 0.3) is 0 Å². The van der Waals surface area contributed by atoms with E-state index in [0.717, 1.165) is 23.8 Å². The third-order valence-electron chi connectivity index (χ3n) is 4.97. The van der Waals surface area contributed by atoms with Gasteiger partial charge in [-0.15, -0.1) is 0 Å². The first-order chi connectivity index (χ1) is 12.8. The Morgan fingerprint density at radius 1 is 1.11 bits per heavy atom. The Morgan fingerprint density at radius 3 is 2.52 bits per heavy atom. The number of nitrogens with one attached hydrogen (secondary N) is 1. The molecule has 0 saturated heterocycles. The van der Waals surface area contributed by atoms with E-state index in [2.05, 4.69) is 22.3 Å². The summed E-state index contributed by atoms with van der Waals surface area (Å²) in [7, 11) is -0.572. The smallest absolute Gasteiger partial charge is 0.242 e. The first-order valence-corrected chi connectivity index (χ1v) is 10.4. The van der Waals surface area contributed by atoms with Crippen LogP contribution >= 0.6 is 0 Å². The molecule has 2 aromatic rings. The summed E-state index contributed by atoms with van der Waals surface area (Å²) in [4.78, 5) is 15.0. The number of sulfonamides is 1. The van der Waals surface area contributed by atoms with Gasteiger partial charge in [-0.1, -0.05) is 30.3 Å². The predicted molar refractivity (Wildman–Crippen MR) is 106 cm³/mol. The summed E-state index contributed by atoms with van der Waals surface area (Å²) in [6.07, 6.45) is 0.921. The van der Waals surface area contributed by atoms with Crippen molar-refractivity contribution in [3.8, 4) is 0 Å². The maximum absolute atomic E-state index is 12.7. The van der Waals surface area contributed by atoms with Crippen LogP contribution in [0, 0.1) is 0 Å². The van der Waals surface area contributed by atoms with E-state index in [-0.39, 0.29) is 16.8 Å². The molecule has 3 rings (SSSR count). The monoisotopic (exact) mass is 387 g/mol. The highest BCUT2D eigenvalue weighted by molar-refractivity contribution is 7.89.